The predicted octanol–water partition coefficient (Wildman–Crippen LogP) is 1.84. The molecular formula is C16H23FN2O3. The Labute approximate surface area is 129 Å². The number of hydrogen-bond acceptors (Lipinski definition) is 3. The van der Waals surface area contributed by atoms with Crippen LogP contribution in [0, 0.1) is 11.7 Å². The summed E-state index contributed by atoms with van der Waals surface area (Å²) in [7, 11) is 1.42. The van der Waals surface area contributed by atoms with Crippen molar-refractivity contribution in [3.8, 4) is 5.75 Å². The smallest absolute Gasteiger partial charge is 0.314 e. The number of aliphatic hydroxyl groups excluding tert-OH is 1. The third-order valence-corrected chi connectivity index (χ3v) is 3.98. The van der Waals surface area contributed by atoms with Crippen molar-refractivity contribution in [1.82, 2.24) is 10.6 Å². The molecule has 5 nitrogen and oxygen atoms in total. The van der Waals surface area contributed by atoms with Crippen molar-refractivity contribution in [2.75, 3.05) is 20.2 Å². The largest absolute Gasteiger partial charge is 0.494 e. The van der Waals surface area contributed by atoms with Gasteiger partial charge in [0.25, 0.3) is 0 Å². The Morgan fingerprint density at radius 3 is 2.91 bits per heavy atom. The van der Waals surface area contributed by atoms with E-state index in [0.717, 1.165) is 24.8 Å². The van der Waals surface area contributed by atoms with E-state index in [1.54, 1.807) is 12.1 Å². The second-order valence-corrected chi connectivity index (χ2v) is 5.69. The second-order valence-electron chi connectivity index (χ2n) is 5.69. The summed E-state index contributed by atoms with van der Waals surface area (Å²) in [6, 6.07) is 4.46. The van der Waals surface area contributed by atoms with Crippen molar-refractivity contribution in [3.05, 3.63) is 29.6 Å². The van der Waals surface area contributed by atoms with Crippen LogP contribution in [0.1, 0.15) is 24.8 Å². The van der Waals surface area contributed by atoms with E-state index in [0.29, 0.717) is 25.4 Å². The van der Waals surface area contributed by atoms with Crippen molar-refractivity contribution in [2.45, 2.75) is 31.8 Å². The molecule has 0 radical (unpaired) electrons. The molecule has 0 bridgehead atoms. The molecule has 2 rings (SSSR count). The van der Waals surface area contributed by atoms with Gasteiger partial charge in [-0.2, -0.15) is 0 Å². The molecule has 1 aromatic rings. The predicted molar refractivity (Wildman–Crippen MR) is 81.4 cm³/mol. The van der Waals surface area contributed by atoms with Crippen LogP contribution in [-0.2, 0) is 6.42 Å². The summed E-state index contributed by atoms with van der Waals surface area (Å²) in [5.74, 6) is 0.180. The normalized spacial score (nSPS) is 20.7. The number of carbonyl (C=O) groups excluding carboxylic acids is 1. The Morgan fingerprint density at radius 1 is 1.41 bits per heavy atom. The summed E-state index contributed by atoms with van der Waals surface area (Å²) in [5.41, 5.74) is 0.900. The third-order valence-electron chi connectivity index (χ3n) is 3.98. The molecule has 1 aliphatic carbocycles. The van der Waals surface area contributed by atoms with Crippen LogP contribution in [0.3, 0.4) is 0 Å². The van der Waals surface area contributed by atoms with E-state index in [9.17, 15) is 14.3 Å². The molecule has 1 fully saturated rings. The van der Waals surface area contributed by atoms with Gasteiger partial charge in [0.2, 0.25) is 0 Å². The molecule has 122 valence electrons. The fourth-order valence-electron chi connectivity index (χ4n) is 2.71. The van der Waals surface area contributed by atoms with Crippen molar-refractivity contribution in [2.24, 2.45) is 5.92 Å². The molecular weight excluding hydrogens is 287 g/mol. The number of hydrogen-bond donors (Lipinski definition) is 3. The lowest BCUT2D eigenvalue weighted by molar-refractivity contribution is 0.177. The molecule has 1 saturated carbocycles. The molecule has 22 heavy (non-hydrogen) atoms. The molecule has 0 aromatic heterocycles. The number of benzene rings is 1. The van der Waals surface area contributed by atoms with Gasteiger partial charge >= 0.3 is 6.03 Å². The number of halogens is 1. The zero-order chi connectivity index (χ0) is 15.9. The van der Waals surface area contributed by atoms with Gasteiger partial charge in [-0.05, 0) is 49.3 Å². The van der Waals surface area contributed by atoms with Gasteiger partial charge in [-0.3, -0.25) is 0 Å². The van der Waals surface area contributed by atoms with E-state index in [4.69, 9.17) is 4.74 Å². The van der Waals surface area contributed by atoms with Crippen molar-refractivity contribution < 1.29 is 19.0 Å². The fourth-order valence-corrected chi connectivity index (χ4v) is 2.71. The van der Waals surface area contributed by atoms with Crippen LogP contribution in [-0.4, -0.2) is 37.4 Å². The van der Waals surface area contributed by atoms with Gasteiger partial charge in [0.05, 0.1) is 13.2 Å². The molecule has 2 atom stereocenters. The Morgan fingerprint density at radius 2 is 2.23 bits per heavy atom. The molecule has 0 spiro atoms. The second kappa shape index (κ2) is 7.98. The fraction of sp³-hybridized carbons (Fsp3) is 0.562. The van der Waals surface area contributed by atoms with Crippen LogP contribution in [0.2, 0.25) is 0 Å². The van der Waals surface area contributed by atoms with Crippen LogP contribution in [0.4, 0.5) is 9.18 Å². The van der Waals surface area contributed by atoms with Gasteiger partial charge < -0.3 is 20.5 Å². The minimum absolute atomic E-state index is 0.210. The van der Waals surface area contributed by atoms with Crippen LogP contribution in [0.15, 0.2) is 18.2 Å². The van der Waals surface area contributed by atoms with Gasteiger partial charge in [-0.15, -0.1) is 0 Å². The summed E-state index contributed by atoms with van der Waals surface area (Å²) in [5, 5.41) is 15.0. The Kier molecular flexibility index (Phi) is 6.00. The summed E-state index contributed by atoms with van der Waals surface area (Å²) in [4.78, 5) is 11.7. The van der Waals surface area contributed by atoms with Crippen LogP contribution in [0.5, 0.6) is 5.75 Å². The van der Waals surface area contributed by atoms with Crippen LogP contribution < -0.4 is 15.4 Å². The number of rotatable bonds is 6. The average Bonchev–Trinajstić information content (AvgIpc) is 2.92. The van der Waals surface area contributed by atoms with E-state index in [1.807, 2.05) is 0 Å². The number of carbonyl (C=O) groups is 1. The quantitative estimate of drug-likeness (QED) is 0.751. The number of urea groups is 1. The molecule has 6 heteroatoms. The Bertz CT molecular complexity index is 510. The lowest BCUT2D eigenvalue weighted by Gasteiger charge is -2.12. The molecule has 1 aromatic carbocycles. The van der Waals surface area contributed by atoms with Crippen molar-refractivity contribution in [1.29, 1.82) is 0 Å². The van der Waals surface area contributed by atoms with E-state index in [2.05, 4.69) is 10.6 Å². The first-order chi connectivity index (χ1) is 10.6. The average molecular weight is 310 g/mol. The molecule has 0 heterocycles. The Balaban J connectivity index is 1.66. The standard InChI is InChI=1S/C16H23FN2O3/c1-22-15-9-11(3-5-14(15)17)6-7-18-16(21)19-10-12-2-4-13(20)8-12/h3,5,9,12-13,20H,2,4,6-8,10H2,1H3,(H2,18,19,21)/t12-,13-/m0/s1. The van der Waals surface area contributed by atoms with Crippen LogP contribution in [0.25, 0.3) is 0 Å². The maximum absolute atomic E-state index is 13.3. The summed E-state index contributed by atoms with van der Waals surface area (Å²) >= 11 is 0. The molecule has 2 amide bonds. The zero-order valence-electron chi connectivity index (χ0n) is 12.8. The lowest BCUT2D eigenvalue weighted by Crippen LogP contribution is -2.38. The molecule has 0 saturated heterocycles. The summed E-state index contributed by atoms with van der Waals surface area (Å²) in [6.45, 7) is 1.06. The summed E-state index contributed by atoms with van der Waals surface area (Å²) in [6.07, 6.45) is 2.92. The Hall–Kier alpha value is -1.82. The highest BCUT2D eigenvalue weighted by Gasteiger charge is 2.22. The highest BCUT2D eigenvalue weighted by Crippen LogP contribution is 2.24. The topological polar surface area (TPSA) is 70.6 Å². The van der Waals surface area contributed by atoms with Crippen molar-refractivity contribution in [3.63, 3.8) is 0 Å². The molecule has 0 unspecified atom stereocenters. The maximum Gasteiger partial charge on any atom is 0.314 e. The van der Waals surface area contributed by atoms with Gasteiger partial charge in [-0.25, -0.2) is 9.18 Å². The van der Waals surface area contributed by atoms with Crippen LogP contribution >= 0.6 is 0 Å². The van der Waals surface area contributed by atoms with E-state index in [1.165, 1.54) is 13.2 Å². The van der Waals surface area contributed by atoms with E-state index in [-0.39, 0.29) is 17.9 Å². The van der Waals surface area contributed by atoms with Gasteiger partial charge in [0.15, 0.2) is 11.6 Å². The zero-order valence-corrected chi connectivity index (χ0v) is 12.8. The minimum atomic E-state index is -0.393. The van der Waals surface area contributed by atoms with E-state index < -0.39 is 5.82 Å². The first-order valence-electron chi connectivity index (χ1n) is 7.60. The number of amides is 2. The molecule has 1 aliphatic rings. The summed E-state index contributed by atoms with van der Waals surface area (Å²) < 4.78 is 18.2. The van der Waals surface area contributed by atoms with Crippen molar-refractivity contribution >= 4 is 6.03 Å². The number of methoxy groups -OCH3 is 1. The van der Waals surface area contributed by atoms with E-state index >= 15 is 0 Å². The minimum Gasteiger partial charge on any atom is -0.494 e. The number of aliphatic hydroxyl groups is 1. The maximum atomic E-state index is 13.3. The number of nitrogens with one attached hydrogen (secondary N) is 2. The third kappa shape index (κ3) is 4.87. The molecule has 0 aliphatic heterocycles. The SMILES string of the molecule is COc1cc(CCNC(=O)NC[C@H]2CC[C@H](O)C2)ccc1F. The highest BCUT2D eigenvalue weighted by atomic mass is 19.1. The first-order valence-corrected chi connectivity index (χ1v) is 7.60. The first kappa shape index (κ1) is 16.5. The highest BCUT2D eigenvalue weighted by molar-refractivity contribution is 5.73. The van der Waals surface area contributed by atoms with Gasteiger partial charge in [0.1, 0.15) is 0 Å². The number of ether oxygens (including phenoxy) is 1. The van der Waals surface area contributed by atoms with Gasteiger partial charge in [0, 0.05) is 13.1 Å². The molecule has 3 N–H and O–H groups in total. The van der Waals surface area contributed by atoms with Gasteiger partial charge in [-0.1, -0.05) is 6.07 Å². The monoisotopic (exact) mass is 310 g/mol. The lowest BCUT2D eigenvalue weighted by atomic mass is 10.1.